The molecule has 0 radical (unpaired) electrons. The fourth-order valence-electron chi connectivity index (χ4n) is 3.11. The number of ether oxygens (including phenoxy) is 1. The number of amides is 2. The molecule has 1 N–H and O–H groups in total. The topological polar surface area (TPSA) is 96.0 Å². The Labute approximate surface area is 204 Å². The SMILES string of the molecule is CCNC(=O)[C@@H](C)N(Cc1ccc(OC)cc1)C(=O)CN(c1cccc(Cl)c1Cl)S(C)(=O)=O. The van der Waals surface area contributed by atoms with Gasteiger partial charge in [-0.2, -0.15) is 0 Å². The number of carbonyl (C=O) groups excluding carboxylic acids is 2. The van der Waals surface area contributed by atoms with Crippen LogP contribution >= 0.6 is 23.2 Å². The summed E-state index contributed by atoms with van der Waals surface area (Å²) in [5, 5.41) is 2.86. The van der Waals surface area contributed by atoms with Crippen LogP contribution in [-0.4, -0.2) is 57.6 Å². The molecule has 180 valence electrons. The van der Waals surface area contributed by atoms with E-state index in [4.69, 9.17) is 27.9 Å². The number of hydrogen-bond donors (Lipinski definition) is 1. The second kappa shape index (κ2) is 11.6. The van der Waals surface area contributed by atoms with E-state index < -0.39 is 28.5 Å². The van der Waals surface area contributed by atoms with Crippen LogP contribution < -0.4 is 14.4 Å². The molecule has 8 nitrogen and oxygen atoms in total. The number of benzene rings is 2. The Bertz CT molecular complexity index is 1090. The van der Waals surface area contributed by atoms with E-state index in [-0.39, 0.29) is 28.2 Å². The lowest BCUT2D eigenvalue weighted by Crippen LogP contribution is -2.51. The fraction of sp³-hybridized carbons (Fsp3) is 0.364. The Morgan fingerprint density at radius 3 is 2.30 bits per heavy atom. The van der Waals surface area contributed by atoms with E-state index in [9.17, 15) is 18.0 Å². The summed E-state index contributed by atoms with van der Waals surface area (Å²) < 4.78 is 31.1. The van der Waals surface area contributed by atoms with Crippen molar-refractivity contribution < 1.29 is 22.7 Å². The molecule has 0 aliphatic rings. The Kier molecular flexibility index (Phi) is 9.39. The number of nitrogens with zero attached hydrogens (tertiary/aromatic N) is 2. The molecule has 0 aliphatic carbocycles. The average Bonchev–Trinajstić information content (AvgIpc) is 2.77. The largest absolute Gasteiger partial charge is 0.497 e. The van der Waals surface area contributed by atoms with Crippen molar-refractivity contribution in [1.82, 2.24) is 10.2 Å². The zero-order chi connectivity index (χ0) is 24.8. The number of sulfonamides is 1. The molecule has 2 aromatic carbocycles. The lowest BCUT2D eigenvalue weighted by Gasteiger charge is -2.31. The van der Waals surface area contributed by atoms with Crippen LogP contribution in [0.2, 0.25) is 10.0 Å². The zero-order valence-electron chi connectivity index (χ0n) is 18.8. The first-order valence-electron chi connectivity index (χ1n) is 10.1. The van der Waals surface area contributed by atoms with Gasteiger partial charge in [-0.25, -0.2) is 8.42 Å². The van der Waals surface area contributed by atoms with Crippen molar-refractivity contribution in [2.24, 2.45) is 0 Å². The highest BCUT2D eigenvalue weighted by atomic mass is 35.5. The van der Waals surface area contributed by atoms with Gasteiger partial charge in [0, 0.05) is 13.1 Å². The number of hydrogen-bond acceptors (Lipinski definition) is 5. The maximum atomic E-state index is 13.4. The van der Waals surface area contributed by atoms with Gasteiger partial charge in [-0.1, -0.05) is 41.4 Å². The summed E-state index contributed by atoms with van der Waals surface area (Å²) >= 11 is 12.3. The Morgan fingerprint density at radius 1 is 1.12 bits per heavy atom. The first-order chi connectivity index (χ1) is 15.5. The third-order valence-electron chi connectivity index (χ3n) is 4.91. The number of methoxy groups -OCH3 is 1. The molecule has 2 rings (SSSR count). The van der Waals surface area contributed by atoms with Crippen LogP contribution in [0, 0.1) is 0 Å². The second-order valence-electron chi connectivity index (χ2n) is 7.28. The normalized spacial score (nSPS) is 12.1. The van der Waals surface area contributed by atoms with E-state index in [2.05, 4.69) is 5.32 Å². The summed E-state index contributed by atoms with van der Waals surface area (Å²) in [4.78, 5) is 27.2. The van der Waals surface area contributed by atoms with Crippen LogP contribution in [0.25, 0.3) is 0 Å². The Balaban J connectivity index is 2.41. The van der Waals surface area contributed by atoms with Crippen LogP contribution in [0.1, 0.15) is 19.4 Å². The van der Waals surface area contributed by atoms with Crippen molar-refractivity contribution >= 4 is 50.7 Å². The van der Waals surface area contributed by atoms with Gasteiger partial charge in [-0.3, -0.25) is 13.9 Å². The minimum atomic E-state index is -3.90. The molecule has 0 aromatic heterocycles. The molecule has 0 spiro atoms. The standard InChI is InChI=1S/C22H27Cl2N3O5S/c1-5-25-22(29)15(2)26(13-16-9-11-17(32-3)12-10-16)20(28)14-27(33(4,30)31)19-8-6-7-18(23)21(19)24/h6-12,15H,5,13-14H2,1-4H3,(H,25,29)/t15-/m1/s1. The summed E-state index contributed by atoms with van der Waals surface area (Å²) in [6.07, 6.45) is 0.971. The van der Waals surface area contributed by atoms with Gasteiger partial charge in [0.25, 0.3) is 0 Å². The summed E-state index contributed by atoms with van der Waals surface area (Å²) in [6, 6.07) is 10.7. The van der Waals surface area contributed by atoms with Crippen LogP contribution in [0.3, 0.4) is 0 Å². The zero-order valence-corrected chi connectivity index (χ0v) is 21.2. The smallest absolute Gasteiger partial charge is 0.244 e. The van der Waals surface area contributed by atoms with E-state index in [0.29, 0.717) is 12.3 Å². The molecule has 0 heterocycles. The van der Waals surface area contributed by atoms with Crippen molar-refractivity contribution in [2.45, 2.75) is 26.4 Å². The van der Waals surface area contributed by atoms with E-state index in [1.165, 1.54) is 17.0 Å². The van der Waals surface area contributed by atoms with Crippen LogP contribution in [0.15, 0.2) is 42.5 Å². The fourth-order valence-corrected chi connectivity index (χ4v) is 4.41. The van der Waals surface area contributed by atoms with Gasteiger partial charge in [-0.05, 0) is 43.7 Å². The van der Waals surface area contributed by atoms with Crippen LogP contribution in [0.5, 0.6) is 5.75 Å². The lowest BCUT2D eigenvalue weighted by molar-refractivity contribution is -0.139. The third kappa shape index (κ3) is 6.99. The number of likely N-dealkylation sites (N-methyl/N-ethyl adjacent to an activating group) is 1. The molecule has 1 atom stereocenters. The minimum absolute atomic E-state index is 0.0101. The highest BCUT2D eigenvalue weighted by Gasteiger charge is 2.30. The molecule has 2 aromatic rings. The highest BCUT2D eigenvalue weighted by Crippen LogP contribution is 2.33. The van der Waals surface area contributed by atoms with E-state index >= 15 is 0 Å². The maximum absolute atomic E-state index is 13.4. The number of nitrogens with one attached hydrogen (secondary N) is 1. The monoisotopic (exact) mass is 515 g/mol. The van der Waals surface area contributed by atoms with E-state index in [1.54, 1.807) is 51.3 Å². The van der Waals surface area contributed by atoms with Gasteiger partial charge < -0.3 is 15.0 Å². The van der Waals surface area contributed by atoms with Crippen molar-refractivity contribution in [3.8, 4) is 5.75 Å². The van der Waals surface area contributed by atoms with Crippen molar-refractivity contribution in [3.63, 3.8) is 0 Å². The van der Waals surface area contributed by atoms with Crippen molar-refractivity contribution in [2.75, 3.05) is 30.8 Å². The second-order valence-corrected chi connectivity index (χ2v) is 9.97. The molecule has 2 amide bonds. The average molecular weight is 516 g/mol. The predicted octanol–water partition coefficient (Wildman–Crippen LogP) is 3.32. The number of anilines is 1. The summed E-state index contributed by atoms with van der Waals surface area (Å²) in [7, 11) is -2.35. The first kappa shape index (κ1) is 26.8. The molecular weight excluding hydrogens is 489 g/mol. The van der Waals surface area contributed by atoms with E-state index in [1.807, 2.05) is 0 Å². The molecule has 0 saturated heterocycles. The first-order valence-corrected chi connectivity index (χ1v) is 12.7. The van der Waals surface area contributed by atoms with Gasteiger partial charge in [0.15, 0.2) is 0 Å². The Morgan fingerprint density at radius 2 is 1.76 bits per heavy atom. The molecule has 0 unspecified atom stereocenters. The van der Waals surface area contributed by atoms with Crippen LogP contribution in [0.4, 0.5) is 5.69 Å². The van der Waals surface area contributed by atoms with E-state index in [0.717, 1.165) is 16.1 Å². The van der Waals surface area contributed by atoms with Gasteiger partial charge >= 0.3 is 0 Å². The van der Waals surface area contributed by atoms with Gasteiger partial charge in [-0.15, -0.1) is 0 Å². The maximum Gasteiger partial charge on any atom is 0.244 e. The summed E-state index contributed by atoms with van der Waals surface area (Å²) in [6.45, 7) is 3.28. The summed E-state index contributed by atoms with van der Waals surface area (Å²) in [5.41, 5.74) is 0.821. The number of carbonyl (C=O) groups is 2. The quantitative estimate of drug-likeness (QED) is 0.523. The summed E-state index contributed by atoms with van der Waals surface area (Å²) in [5.74, 6) is -0.288. The van der Waals surface area contributed by atoms with Crippen molar-refractivity contribution in [3.05, 3.63) is 58.1 Å². The molecule has 0 bridgehead atoms. The molecule has 11 heteroatoms. The number of rotatable bonds is 10. The molecule has 33 heavy (non-hydrogen) atoms. The van der Waals surface area contributed by atoms with Crippen LogP contribution in [-0.2, 0) is 26.2 Å². The lowest BCUT2D eigenvalue weighted by atomic mass is 10.1. The predicted molar refractivity (Wildman–Crippen MR) is 130 cm³/mol. The molecule has 0 fully saturated rings. The highest BCUT2D eigenvalue weighted by molar-refractivity contribution is 7.92. The van der Waals surface area contributed by atoms with Gasteiger partial charge in [0.2, 0.25) is 21.8 Å². The molecular formula is C22H27Cl2N3O5S. The number of halogens is 2. The minimum Gasteiger partial charge on any atom is -0.497 e. The van der Waals surface area contributed by atoms with Crippen molar-refractivity contribution in [1.29, 1.82) is 0 Å². The van der Waals surface area contributed by atoms with Gasteiger partial charge in [0.05, 0.1) is 29.1 Å². The van der Waals surface area contributed by atoms with Gasteiger partial charge in [0.1, 0.15) is 18.3 Å². The molecule has 0 saturated carbocycles. The Hall–Kier alpha value is -2.49. The third-order valence-corrected chi connectivity index (χ3v) is 6.84. The molecule has 0 aliphatic heterocycles.